The first-order chi connectivity index (χ1) is 19.8. The first-order valence-corrected chi connectivity index (χ1v) is 14.9. The van der Waals surface area contributed by atoms with Crippen molar-refractivity contribution < 1.29 is 23.9 Å². The third kappa shape index (κ3) is 7.26. The molecule has 1 aromatic heterocycles. The van der Waals surface area contributed by atoms with Crippen LogP contribution in [-0.2, 0) is 9.47 Å². The average molecular weight is 559 g/mol. The van der Waals surface area contributed by atoms with Gasteiger partial charge in [-0.05, 0) is 87.6 Å². The van der Waals surface area contributed by atoms with Crippen LogP contribution in [0.25, 0.3) is 5.69 Å². The summed E-state index contributed by atoms with van der Waals surface area (Å²) in [6, 6.07) is 16.9. The van der Waals surface area contributed by atoms with E-state index in [0.717, 1.165) is 55.5 Å². The van der Waals surface area contributed by atoms with Crippen molar-refractivity contribution in [3.63, 3.8) is 0 Å². The maximum absolute atomic E-state index is 13.8. The molecule has 1 aliphatic heterocycles. The molecule has 218 valence electrons. The van der Waals surface area contributed by atoms with E-state index in [2.05, 4.69) is 13.8 Å². The molecule has 3 aromatic rings. The van der Waals surface area contributed by atoms with Crippen LogP contribution >= 0.6 is 0 Å². The number of benzene rings is 2. The zero-order valence-electron chi connectivity index (χ0n) is 24.8. The molecule has 2 aromatic carbocycles. The minimum Gasteiger partial charge on any atom is -0.462 e. The molecule has 1 aliphatic rings. The number of likely N-dealkylation sites (tertiary alicyclic amines) is 1. The van der Waals surface area contributed by atoms with Gasteiger partial charge in [0.25, 0.3) is 5.91 Å². The summed E-state index contributed by atoms with van der Waals surface area (Å²) in [7, 11) is 0. The molecule has 0 saturated carbocycles. The number of amides is 1. The summed E-state index contributed by atoms with van der Waals surface area (Å²) in [5, 5.41) is 0. The lowest BCUT2D eigenvalue weighted by Crippen LogP contribution is -2.39. The van der Waals surface area contributed by atoms with Crippen LogP contribution in [0.4, 0.5) is 0 Å². The molecule has 1 atom stereocenters. The highest BCUT2D eigenvalue weighted by molar-refractivity contribution is 5.99. The van der Waals surface area contributed by atoms with Crippen LogP contribution < -0.4 is 0 Å². The van der Waals surface area contributed by atoms with E-state index in [4.69, 9.17) is 9.47 Å². The van der Waals surface area contributed by atoms with E-state index in [1.165, 1.54) is 0 Å². The molecule has 1 unspecified atom stereocenters. The Morgan fingerprint density at radius 1 is 0.805 bits per heavy atom. The van der Waals surface area contributed by atoms with Gasteiger partial charge in [0.1, 0.15) is 0 Å². The van der Waals surface area contributed by atoms with Gasteiger partial charge in [0.05, 0.1) is 30.0 Å². The molecule has 1 saturated heterocycles. The van der Waals surface area contributed by atoms with Gasteiger partial charge in [-0.15, -0.1) is 0 Å². The number of carbonyl (C=O) groups is 3. The topological polar surface area (TPSA) is 77.8 Å². The summed E-state index contributed by atoms with van der Waals surface area (Å²) < 4.78 is 12.9. The summed E-state index contributed by atoms with van der Waals surface area (Å²) in [6.07, 6.45) is 5.44. The first-order valence-electron chi connectivity index (χ1n) is 14.9. The maximum atomic E-state index is 13.8. The Morgan fingerprint density at radius 2 is 1.41 bits per heavy atom. The fourth-order valence-electron chi connectivity index (χ4n) is 5.36. The lowest BCUT2D eigenvalue weighted by molar-refractivity contribution is 0.0490. The lowest BCUT2D eigenvalue weighted by Gasteiger charge is -2.33. The summed E-state index contributed by atoms with van der Waals surface area (Å²) in [5.41, 5.74) is 5.26. The normalized spacial score (nSPS) is 15.0. The monoisotopic (exact) mass is 558 g/mol. The van der Waals surface area contributed by atoms with E-state index >= 15 is 0 Å². The molecule has 1 amide bonds. The number of piperidine rings is 1. The Balaban J connectivity index is 1.53. The van der Waals surface area contributed by atoms with E-state index in [1.54, 1.807) is 12.1 Å². The Bertz CT molecular complexity index is 1340. The molecule has 1 fully saturated rings. The molecule has 4 rings (SSSR count). The standard InChI is InChI=1S/C34H42N2O5/c1-5-7-20-40-33(38)27-15-13-26(14-16-27)29-10-9-19-35(23-29)32(37)28-17-18-30(34(39)41-21-8-6-2)31(22-28)36-24(3)11-12-25(36)4/h11-18,22,29H,5-10,19-21,23H2,1-4H3. The van der Waals surface area contributed by atoms with Gasteiger partial charge in [-0.3, -0.25) is 4.79 Å². The molecule has 0 spiro atoms. The maximum Gasteiger partial charge on any atom is 0.340 e. The van der Waals surface area contributed by atoms with E-state index in [9.17, 15) is 14.4 Å². The van der Waals surface area contributed by atoms with Crippen molar-refractivity contribution in [2.45, 2.75) is 72.1 Å². The molecular weight excluding hydrogens is 516 g/mol. The minimum absolute atomic E-state index is 0.0552. The number of nitrogens with zero attached hydrogens (tertiary/aromatic N) is 2. The molecule has 0 N–H and O–H groups in total. The van der Waals surface area contributed by atoms with Crippen molar-refractivity contribution >= 4 is 17.8 Å². The number of carbonyl (C=O) groups excluding carboxylic acids is 3. The Morgan fingerprint density at radius 3 is 2.05 bits per heavy atom. The number of hydrogen-bond donors (Lipinski definition) is 0. The molecular formula is C34H42N2O5. The van der Waals surface area contributed by atoms with Gasteiger partial charge in [-0.2, -0.15) is 0 Å². The number of esters is 2. The SMILES string of the molecule is CCCCOC(=O)c1ccc(C2CCCN(C(=O)c3ccc(C(=O)OCCCC)c(-n4c(C)ccc4C)c3)C2)cc1. The lowest BCUT2D eigenvalue weighted by atomic mass is 9.89. The van der Waals surface area contributed by atoms with Crippen LogP contribution in [0.1, 0.15) is 106 Å². The number of ether oxygens (including phenoxy) is 2. The van der Waals surface area contributed by atoms with Crippen molar-refractivity contribution in [3.05, 3.63) is 88.2 Å². The van der Waals surface area contributed by atoms with Crippen molar-refractivity contribution in [3.8, 4) is 5.69 Å². The van der Waals surface area contributed by atoms with Gasteiger partial charge >= 0.3 is 11.9 Å². The van der Waals surface area contributed by atoms with Crippen LogP contribution in [0, 0.1) is 13.8 Å². The molecule has 7 nitrogen and oxygen atoms in total. The van der Waals surface area contributed by atoms with E-state index in [-0.39, 0.29) is 23.8 Å². The van der Waals surface area contributed by atoms with Crippen molar-refractivity contribution in [1.82, 2.24) is 9.47 Å². The second-order valence-corrected chi connectivity index (χ2v) is 10.9. The zero-order chi connectivity index (χ0) is 29.4. The summed E-state index contributed by atoms with van der Waals surface area (Å²) in [6.45, 7) is 10.2. The predicted molar refractivity (Wildman–Crippen MR) is 160 cm³/mol. The third-order valence-corrected chi connectivity index (χ3v) is 7.77. The zero-order valence-corrected chi connectivity index (χ0v) is 24.8. The Labute approximate surface area is 243 Å². The quantitative estimate of drug-likeness (QED) is 0.187. The Hall–Kier alpha value is -3.87. The van der Waals surface area contributed by atoms with Crippen molar-refractivity contribution in [2.24, 2.45) is 0 Å². The largest absolute Gasteiger partial charge is 0.462 e. The molecule has 0 bridgehead atoms. The number of aryl methyl sites for hydroxylation is 2. The first kappa shape index (κ1) is 30.1. The van der Waals surface area contributed by atoms with Crippen LogP contribution in [0.15, 0.2) is 54.6 Å². The highest BCUT2D eigenvalue weighted by atomic mass is 16.5. The summed E-state index contributed by atoms with van der Waals surface area (Å²) in [4.78, 5) is 41.0. The second-order valence-electron chi connectivity index (χ2n) is 10.9. The fraction of sp³-hybridized carbons (Fsp3) is 0.441. The number of hydrogen-bond acceptors (Lipinski definition) is 5. The summed E-state index contributed by atoms with van der Waals surface area (Å²) in [5.74, 6) is -0.553. The van der Waals surface area contributed by atoms with Gasteiger partial charge in [0.15, 0.2) is 0 Å². The van der Waals surface area contributed by atoms with Crippen LogP contribution in [-0.4, -0.2) is 53.6 Å². The minimum atomic E-state index is -0.379. The Kier molecular flexibility index (Phi) is 10.4. The second kappa shape index (κ2) is 14.2. The predicted octanol–water partition coefficient (Wildman–Crippen LogP) is 7.03. The van der Waals surface area contributed by atoms with Gasteiger partial charge < -0.3 is 18.9 Å². The van der Waals surface area contributed by atoms with Crippen LogP contribution in [0.5, 0.6) is 0 Å². The fourth-order valence-corrected chi connectivity index (χ4v) is 5.36. The molecule has 2 heterocycles. The summed E-state index contributed by atoms with van der Waals surface area (Å²) >= 11 is 0. The molecule has 0 aliphatic carbocycles. The van der Waals surface area contributed by atoms with Crippen molar-refractivity contribution in [2.75, 3.05) is 26.3 Å². The highest BCUT2D eigenvalue weighted by Crippen LogP contribution is 2.29. The molecule has 41 heavy (non-hydrogen) atoms. The van der Waals surface area contributed by atoms with E-state index in [1.807, 2.05) is 65.8 Å². The number of unbranched alkanes of at least 4 members (excludes halogenated alkanes) is 2. The van der Waals surface area contributed by atoms with Gasteiger partial charge in [-0.1, -0.05) is 38.8 Å². The average Bonchev–Trinajstić information content (AvgIpc) is 3.33. The van der Waals surface area contributed by atoms with Gasteiger partial charge in [0.2, 0.25) is 0 Å². The van der Waals surface area contributed by atoms with Crippen LogP contribution in [0.3, 0.4) is 0 Å². The smallest absolute Gasteiger partial charge is 0.340 e. The molecule has 7 heteroatoms. The van der Waals surface area contributed by atoms with Crippen molar-refractivity contribution in [1.29, 1.82) is 0 Å². The van der Waals surface area contributed by atoms with E-state index < -0.39 is 0 Å². The van der Waals surface area contributed by atoms with Crippen LogP contribution in [0.2, 0.25) is 0 Å². The number of aromatic nitrogens is 1. The van der Waals surface area contributed by atoms with E-state index in [0.29, 0.717) is 48.7 Å². The number of rotatable bonds is 11. The molecule has 0 radical (unpaired) electrons. The van der Waals surface area contributed by atoms with Gasteiger partial charge in [0, 0.05) is 36.0 Å². The third-order valence-electron chi connectivity index (χ3n) is 7.77. The highest BCUT2D eigenvalue weighted by Gasteiger charge is 2.27. The van der Waals surface area contributed by atoms with Gasteiger partial charge in [-0.25, -0.2) is 9.59 Å².